The van der Waals surface area contributed by atoms with Crippen molar-refractivity contribution < 1.29 is 24.0 Å². The lowest BCUT2D eigenvalue weighted by Crippen LogP contribution is -2.51. The normalized spacial score (nSPS) is 21.0. The van der Waals surface area contributed by atoms with E-state index in [4.69, 9.17) is 9.57 Å². The molecular formula is C16H25NO5. The predicted molar refractivity (Wildman–Crippen MR) is 80.7 cm³/mol. The van der Waals surface area contributed by atoms with Crippen molar-refractivity contribution in [1.29, 1.82) is 0 Å². The highest BCUT2D eigenvalue weighted by Crippen LogP contribution is 2.41. The van der Waals surface area contributed by atoms with Crippen LogP contribution in [0.3, 0.4) is 0 Å². The van der Waals surface area contributed by atoms with E-state index in [-0.39, 0.29) is 12.4 Å². The molecule has 0 aromatic rings. The van der Waals surface area contributed by atoms with E-state index < -0.39 is 28.9 Å². The van der Waals surface area contributed by atoms with Gasteiger partial charge in [-0.25, -0.2) is 0 Å². The van der Waals surface area contributed by atoms with Crippen LogP contribution < -0.4 is 0 Å². The lowest BCUT2D eigenvalue weighted by molar-refractivity contribution is -0.228. The molecule has 1 aliphatic heterocycles. The van der Waals surface area contributed by atoms with Crippen molar-refractivity contribution in [2.24, 2.45) is 5.92 Å². The number of ketones is 1. The fourth-order valence-corrected chi connectivity index (χ4v) is 2.76. The zero-order valence-corrected chi connectivity index (χ0v) is 14.4. The summed E-state index contributed by atoms with van der Waals surface area (Å²) in [6.07, 6.45) is 1.74. The van der Waals surface area contributed by atoms with E-state index in [2.05, 4.69) is 0 Å². The SMILES string of the molecule is CCOC(=O)C(C)C(=O)C1=CC(C)(C)N(OC(C)=O)C1(C)C. The van der Waals surface area contributed by atoms with Gasteiger partial charge in [0.05, 0.1) is 17.7 Å². The van der Waals surface area contributed by atoms with E-state index in [1.807, 2.05) is 13.8 Å². The molecule has 1 atom stereocenters. The highest BCUT2D eigenvalue weighted by molar-refractivity contribution is 6.09. The number of carbonyl (C=O) groups is 3. The van der Waals surface area contributed by atoms with Gasteiger partial charge < -0.3 is 9.57 Å². The summed E-state index contributed by atoms with van der Waals surface area (Å²) in [5.74, 6) is -2.21. The first-order valence-electron chi connectivity index (χ1n) is 7.38. The van der Waals surface area contributed by atoms with Gasteiger partial charge in [0.15, 0.2) is 5.78 Å². The molecule has 0 amide bonds. The van der Waals surface area contributed by atoms with E-state index >= 15 is 0 Å². The third-order valence-electron chi connectivity index (χ3n) is 3.71. The third-order valence-corrected chi connectivity index (χ3v) is 3.71. The lowest BCUT2D eigenvalue weighted by Gasteiger charge is -2.39. The number of rotatable bonds is 5. The summed E-state index contributed by atoms with van der Waals surface area (Å²) in [7, 11) is 0. The van der Waals surface area contributed by atoms with E-state index in [0.29, 0.717) is 5.57 Å². The van der Waals surface area contributed by atoms with Gasteiger partial charge in [0.1, 0.15) is 5.92 Å². The number of hydrogen-bond donors (Lipinski definition) is 0. The average molecular weight is 311 g/mol. The van der Waals surface area contributed by atoms with Crippen LogP contribution in [-0.2, 0) is 24.0 Å². The minimum absolute atomic E-state index is 0.226. The van der Waals surface area contributed by atoms with Gasteiger partial charge in [-0.2, -0.15) is 0 Å². The summed E-state index contributed by atoms with van der Waals surface area (Å²) in [4.78, 5) is 41.1. The van der Waals surface area contributed by atoms with Crippen LogP contribution >= 0.6 is 0 Å². The molecule has 0 aromatic carbocycles. The average Bonchev–Trinajstić information content (AvgIpc) is 2.56. The summed E-state index contributed by atoms with van der Waals surface area (Å²) in [5, 5.41) is 1.49. The van der Waals surface area contributed by atoms with Crippen LogP contribution in [-0.4, -0.2) is 40.5 Å². The van der Waals surface area contributed by atoms with E-state index in [1.165, 1.54) is 18.9 Å². The fourth-order valence-electron chi connectivity index (χ4n) is 2.76. The topological polar surface area (TPSA) is 72.9 Å². The summed E-state index contributed by atoms with van der Waals surface area (Å²) >= 11 is 0. The Morgan fingerprint density at radius 2 is 1.77 bits per heavy atom. The molecule has 0 spiro atoms. The molecule has 1 unspecified atom stereocenters. The Hall–Kier alpha value is -1.69. The van der Waals surface area contributed by atoms with Crippen LogP contribution in [0.4, 0.5) is 0 Å². The van der Waals surface area contributed by atoms with Crippen LogP contribution in [0.5, 0.6) is 0 Å². The minimum atomic E-state index is -0.890. The van der Waals surface area contributed by atoms with Gasteiger partial charge >= 0.3 is 11.9 Å². The maximum atomic E-state index is 12.7. The summed E-state index contributed by atoms with van der Waals surface area (Å²) in [5.41, 5.74) is -1.03. The molecule has 0 bridgehead atoms. The molecule has 0 N–H and O–H groups in total. The molecule has 0 radical (unpaired) electrons. The maximum Gasteiger partial charge on any atom is 0.322 e. The number of carbonyl (C=O) groups excluding carboxylic acids is 3. The Bertz CT molecular complexity index is 519. The molecule has 0 aliphatic carbocycles. The first kappa shape index (κ1) is 18.4. The quantitative estimate of drug-likeness (QED) is 0.571. The molecule has 1 aliphatic rings. The van der Waals surface area contributed by atoms with Gasteiger partial charge in [-0.3, -0.25) is 14.4 Å². The number of hydroxylamine groups is 2. The molecule has 0 saturated heterocycles. The highest BCUT2D eigenvalue weighted by atomic mass is 16.7. The van der Waals surface area contributed by atoms with Gasteiger partial charge in [0.2, 0.25) is 0 Å². The second-order valence-corrected chi connectivity index (χ2v) is 6.49. The van der Waals surface area contributed by atoms with Crippen molar-refractivity contribution in [3.8, 4) is 0 Å². The first-order chi connectivity index (χ1) is 9.95. The Morgan fingerprint density at radius 3 is 2.23 bits per heavy atom. The molecule has 6 heteroatoms. The molecule has 0 fully saturated rings. The van der Waals surface area contributed by atoms with Crippen LogP contribution in [0.2, 0.25) is 0 Å². The van der Waals surface area contributed by atoms with Gasteiger partial charge in [0.25, 0.3) is 0 Å². The van der Waals surface area contributed by atoms with Gasteiger partial charge in [-0.1, -0.05) is 6.08 Å². The number of hydrogen-bond acceptors (Lipinski definition) is 6. The number of esters is 1. The first-order valence-corrected chi connectivity index (χ1v) is 7.38. The molecule has 0 saturated carbocycles. The molecule has 6 nitrogen and oxygen atoms in total. The van der Waals surface area contributed by atoms with Gasteiger partial charge in [-0.05, 0) is 41.5 Å². The number of nitrogens with zero attached hydrogens (tertiary/aromatic N) is 1. The monoisotopic (exact) mass is 311 g/mol. The predicted octanol–water partition coefficient (Wildman–Crippen LogP) is 2.03. The number of ether oxygens (including phenoxy) is 1. The molecular weight excluding hydrogens is 286 g/mol. The molecule has 0 aromatic heterocycles. The fraction of sp³-hybridized carbons (Fsp3) is 0.688. The summed E-state index contributed by atoms with van der Waals surface area (Å²) < 4.78 is 4.91. The molecule has 22 heavy (non-hydrogen) atoms. The largest absolute Gasteiger partial charge is 0.465 e. The van der Waals surface area contributed by atoms with Crippen molar-refractivity contribution in [3.63, 3.8) is 0 Å². The van der Waals surface area contributed by atoms with Crippen LogP contribution in [0.15, 0.2) is 11.6 Å². The standard InChI is InChI=1S/C16H25NO5/c1-8-21-14(20)10(2)13(19)12-9-15(4,5)17(16(12,6)7)22-11(3)18/h9-10H,8H2,1-7H3. The van der Waals surface area contributed by atoms with Crippen LogP contribution in [0.25, 0.3) is 0 Å². The minimum Gasteiger partial charge on any atom is -0.465 e. The van der Waals surface area contributed by atoms with E-state index in [9.17, 15) is 14.4 Å². The van der Waals surface area contributed by atoms with Crippen LogP contribution in [0, 0.1) is 5.92 Å². The van der Waals surface area contributed by atoms with E-state index in [0.717, 1.165) is 0 Å². The zero-order chi connectivity index (χ0) is 17.3. The number of Topliss-reactive ketones (excluding diaryl/α,β-unsaturated/α-hetero) is 1. The van der Waals surface area contributed by atoms with Gasteiger partial charge in [0, 0.05) is 12.5 Å². The lowest BCUT2D eigenvalue weighted by atomic mass is 9.87. The maximum absolute atomic E-state index is 12.7. The molecule has 1 rings (SSSR count). The Balaban J connectivity index is 3.12. The Kier molecular flexibility index (Phi) is 5.18. The second-order valence-electron chi connectivity index (χ2n) is 6.49. The highest BCUT2D eigenvalue weighted by Gasteiger charge is 2.51. The van der Waals surface area contributed by atoms with Crippen molar-refractivity contribution in [3.05, 3.63) is 11.6 Å². The van der Waals surface area contributed by atoms with E-state index in [1.54, 1.807) is 26.8 Å². The smallest absolute Gasteiger partial charge is 0.322 e. The van der Waals surface area contributed by atoms with Crippen LogP contribution in [0.1, 0.15) is 48.5 Å². The van der Waals surface area contributed by atoms with Crippen molar-refractivity contribution in [2.75, 3.05) is 6.61 Å². The molecule has 1 heterocycles. The van der Waals surface area contributed by atoms with Crippen molar-refractivity contribution in [1.82, 2.24) is 5.06 Å². The third kappa shape index (κ3) is 3.38. The van der Waals surface area contributed by atoms with Crippen molar-refractivity contribution in [2.45, 2.75) is 59.5 Å². The Morgan fingerprint density at radius 1 is 1.23 bits per heavy atom. The summed E-state index contributed by atoms with van der Waals surface area (Å²) in [6.45, 7) is 12.0. The van der Waals surface area contributed by atoms with Gasteiger partial charge in [-0.15, -0.1) is 5.06 Å². The van der Waals surface area contributed by atoms with Crippen molar-refractivity contribution >= 4 is 17.7 Å². The summed E-state index contributed by atoms with van der Waals surface area (Å²) in [6, 6.07) is 0. The molecule has 124 valence electrons. The Labute approximate surface area is 131 Å². The second kappa shape index (κ2) is 6.20. The zero-order valence-electron chi connectivity index (χ0n) is 14.4.